The molecule has 1 aromatic rings. The van der Waals surface area contributed by atoms with Gasteiger partial charge >= 0.3 is 6.18 Å². The lowest BCUT2D eigenvalue weighted by atomic mass is 10.2. The molecule has 7 heteroatoms. The topological polar surface area (TPSA) is 46.2 Å². The number of halogens is 3. The van der Waals surface area contributed by atoms with Crippen molar-refractivity contribution in [1.82, 2.24) is 4.72 Å². The van der Waals surface area contributed by atoms with Crippen molar-refractivity contribution in [3.8, 4) is 0 Å². The van der Waals surface area contributed by atoms with Gasteiger partial charge in [0.2, 0.25) is 10.0 Å². The van der Waals surface area contributed by atoms with Crippen LogP contribution in [0.2, 0.25) is 0 Å². The van der Waals surface area contributed by atoms with Crippen LogP contribution in [-0.4, -0.2) is 14.5 Å². The second-order valence-corrected chi connectivity index (χ2v) is 6.28. The normalized spacial score (nSPS) is 17.8. The largest absolute Gasteiger partial charge is 0.417 e. The van der Waals surface area contributed by atoms with E-state index in [1.807, 2.05) is 0 Å². The highest BCUT2D eigenvalue weighted by atomic mass is 32.2. The first kappa shape index (κ1) is 14.3. The molecule has 0 spiro atoms. The summed E-state index contributed by atoms with van der Waals surface area (Å²) in [6, 6.07) is 3.98. The van der Waals surface area contributed by atoms with Crippen LogP contribution in [0.5, 0.6) is 0 Å². The van der Waals surface area contributed by atoms with Crippen LogP contribution in [0.1, 0.15) is 31.2 Å². The number of sulfonamides is 1. The molecule has 1 fully saturated rings. The molecule has 1 aliphatic rings. The summed E-state index contributed by atoms with van der Waals surface area (Å²) >= 11 is 0. The third-order valence-corrected chi connectivity index (χ3v) is 4.74. The summed E-state index contributed by atoms with van der Waals surface area (Å²) in [6.45, 7) is 0. The van der Waals surface area contributed by atoms with Crippen molar-refractivity contribution >= 4 is 10.0 Å². The highest BCUT2D eigenvalue weighted by Gasteiger charge is 2.37. The molecule has 0 aromatic heterocycles. The van der Waals surface area contributed by atoms with Crippen molar-refractivity contribution < 1.29 is 21.6 Å². The second kappa shape index (κ2) is 5.13. The van der Waals surface area contributed by atoms with Gasteiger partial charge in [-0.3, -0.25) is 0 Å². The maximum Gasteiger partial charge on any atom is 0.417 e. The van der Waals surface area contributed by atoms with Gasteiger partial charge in [-0.1, -0.05) is 25.0 Å². The Hall–Kier alpha value is -1.08. The first-order chi connectivity index (χ1) is 8.81. The third kappa shape index (κ3) is 3.27. The fourth-order valence-electron chi connectivity index (χ4n) is 2.26. The van der Waals surface area contributed by atoms with Gasteiger partial charge in [-0.05, 0) is 25.0 Å². The lowest BCUT2D eigenvalue weighted by Crippen LogP contribution is -2.33. The smallest absolute Gasteiger partial charge is 0.208 e. The minimum Gasteiger partial charge on any atom is -0.208 e. The Bertz CT molecular complexity index is 548. The Kier molecular flexibility index (Phi) is 3.87. The first-order valence-electron chi connectivity index (χ1n) is 5.99. The molecule has 0 heterocycles. The summed E-state index contributed by atoms with van der Waals surface area (Å²) in [7, 11) is -4.13. The number of rotatable bonds is 3. The zero-order valence-electron chi connectivity index (χ0n) is 10.1. The van der Waals surface area contributed by atoms with E-state index < -0.39 is 26.7 Å². The highest BCUT2D eigenvalue weighted by molar-refractivity contribution is 7.89. The SMILES string of the molecule is O=S(=O)(NC1CCCC1)c1ccccc1C(F)(F)F. The van der Waals surface area contributed by atoms with Crippen LogP contribution in [0.3, 0.4) is 0 Å². The fourth-order valence-corrected chi connectivity index (χ4v) is 3.79. The average Bonchev–Trinajstić information content (AvgIpc) is 2.80. The summed E-state index contributed by atoms with van der Waals surface area (Å²) in [4.78, 5) is -0.700. The monoisotopic (exact) mass is 293 g/mol. The van der Waals surface area contributed by atoms with Gasteiger partial charge < -0.3 is 0 Å². The van der Waals surface area contributed by atoms with E-state index in [1.165, 1.54) is 12.1 Å². The van der Waals surface area contributed by atoms with Gasteiger partial charge in [0, 0.05) is 6.04 Å². The Labute approximate surface area is 109 Å². The number of nitrogens with one attached hydrogen (secondary N) is 1. The number of alkyl halides is 3. The molecule has 3 nitrogen and oxygen atoms in total. The standard InChI is InChI=1S/C12H14F3NO2S/c13-12(14,15)10-7-3-4-8-11(10)19(17,18)16-9-5-1-2-6-9/h3-4,7-9,16H,1-2,5-6H2. The molecule has 1 aromatic carbocycles. The third-order valence-electron chi connectivity index (χ3n) is 3.16. The lowest BCUT2D eigenvalue weighted by Gasteiger charge is -2.16. The summed E-state index contributed by atoms with van der Waals surface area (Å²) < 4.78 is 64.8. The summed E-state index contributed by atoms with van der Waals surface area (Å²) in [5, 5.41) is 0. The van der Waals surface area contributed by atoms with E-state index in [2.05, 4.69) is 4.72 Å². The summed E-state index contributed by atoms with van der Waals surface area (Å²) in [5.74, 6) is 0. The Morgan fingerprint density at radius 1 is 1.11 bits per heavy atom. The van der Waals surface area contributed by atoms with Gasteiger partial charge in [0.1, 0.15) is 0 Å². The predicted molar refractivity (Wildman–Crippen MR) is 64.0 cm³/mol. The molecule has 0 bridgehead atoms. The minimum absolute atomic E-state index is 0.258. The number of benzene rings is 1. The summed E-state index contributed by atoms with van der Waals surface area (Å²) in [5.41, 5.74) is -1.12. The van der Waals surface area contributed by atoms with Crippen LogP contribution in [0, 0.1) is 0 Å². The number of hydrogen-bond acceptors (Lipinski definition) is 2. The van der Waals surface area contributed by atoms with Gasteiger partial charge in [-0.25, -0.2) is 13.1 Å². The fraction of sp³-hybridized carbons (Fsp3) is 0.500. The zero-order valence-corrected chi connectivity index (χ0v) is 10.9. The van der Waals surface area contributed by atoms with Crippen LogP contribution in [0.15, 0.2) is 29.2 Å². The van der Waals surface area contributed by atoms with Gasteiger partial charge in [-0.2, -0.15) is 13.2 Å². The highest BCUT2D eigenvalue weighted by Crippen LogP contribution is 2.34. The van der Waals surface area contributed by atoms with Crippen LogP contribution < -0.4 is 4.72 Å². The van der Waals surface area contributed by atoms with Crippen molar-refractivity contribution in [2.75, 3.05) is 0 Å². The van der Waals surface area contributed by atoms with Crippen LogP contribution in [0.4, 0.5) is 13.2 Å². The Balaban J connectivity index is 2.35. The van der Waals surface area contributed by atoms with E-state index in [0.717, 1.165) is 25.0 Å². The molecule has 0 aliphatic heterocycles. The van der Waals surface area contributed by atoms with Crippen molar-refractivity contribution in [2.24, 2.45) is 0 Å². The predicted octanol–water partition coefficient (Wildman–Crippen LogP) is 2.93. The molecular weight excluding hydrogens is 279 g/mol. The Morgan fingerprint density at radius 3 is 2.26 bits per heavy atom. The van der Waals surface area contributed by atoms with Crippen molar-refractivity contribution in [3.05, 3.63) is 29.8 Å². The molecule has 0 radical (unpaired) electrons. The Morgan fingerprint density at radius 2 is 1.68 bits per heavy atom. The van der Waals surface area contributed by atoms with E-state index in [0.29, 0.717) is 12.8 Å². The molecule has 0 saturated heterocycles. The molecule has 106 valence electrons. The van der Waals surface area contributed by atoms with E-state index in [9.17, 15) is 21.6 Å². The van der Waals surface area contributed by atoms with E-state index in [-0.39, 0.29) is 6.04 Å². The van der Waals surface area contributed by atoms with Crippen molar-refractivity contribution in [2.45, 2.75) is 42.8 Å². The van der Waals surface area contributed by atoms with Crippen molar-refractivity contribution in [3.63, 3.8) is 0 Å². The molecule has 1 N–H and O–H groups in total. The molecule has 0 unspecified atom stereocenters. The van der Waals surface area contributed by atoms with Gasteiger partial charge in [0.05, 0.1) is 10.5 Å². The average molecular weight is 293 g/mol. The minimum atomic E-state index is -4.68. The molecule has 1 aliphatic carbocycles. The van der Waals surface area contributed by atoms with Gasteiger partial charge in [0.15, 0.2) is 0 Å². The van der Waals surface area contributed by atoms with Crippen LogP contribution in [-0.2, 0) is 16.2 Å². The quantitative estimate of drug-likeness (QED) is 0.931. The van der Waals surface area contributed by atoms with Crippen LogP contribution in [0.25, 0.3) is 0 Å². The van der Waals surface area contributed by atoms with Gasteiger partial charge in [0.25, 0.3) is 0 Å². The zero-order chi connectivity index (χ0) is 14.1. The number of hydrogen-bond donors (Lipinski definition) is 1. The second-order valence-electron chi connectivity index (χ2n) is 4.60. The van der Waals surface area contributed by atoms with E-state index in [4.69, 9.17) is 0 Å². The van der Waals surface area contributed by atoms with E-state index >= 15 is 0 Å². The first-order valence-corrected chi connectivity index (χ1v) is 7.47. The summed E-state index contributed by atoms with van der Waals surface area (Å²) in [6.07, 6.45) is -1.54. The lowest BCUT2D eigenvalue weighted by molar-refractivity contribution is -0.139. The van der Waals surface area contributed by atoms with Gasteiger partial charge in [-0.15, -0.1) is 0 Å². The maximum absolute atomic E-state index is 12.8. The molecule has 0 amide bonds. The van der Waals surface area contributed by atoms with Crippen molar-refractivity contribution in [1.29, 1.82) is 0 Å². The molecular formula is C12H14F3NO2S. The molecule has 19 heavy (non-hydrogen) atoms. The molecule has 2 rings (SSSR count). The molecule has 1 saturated carbocycles. The van der Waals surface area contributed by atoms with Crippen LogP contribution >= 0.6 is 0 Å². The maximum atomic E-state index is 12.8. The van der Waals surface area contributed by atoms with E-state index in [1.54, 1.807) is 0 Å². The molecule has 0 atom stereocenters.